The van der Waals surface area contributed by atoms with Gasteiger partial charge in [0.25, 0.3) is 5.91 Å². The van der Waals surface area contributed by atoms with E-state index in [2.05, 4.69) is 6.92 Å². The molecule has 0 radical (unpaired) electrons. The standard InChI is InChI=1S/C15H26N2O3/c1-3-5-12(2)14(18)16-7-9-17(10-8-16)15(19)13-6-4-11-20-13/h12-13H,3-11H2,1-2H3. The molecule has 0 aliphatic carbocycles. The summed E-state index contributed by atoms with van der Waals surface area (Å²) in [6.45, 7) is 7.39. The van der Waals surface area contributed by atoms with Gasteiger partial charge in [-0.2, -0.15) is 0 Å². The number of nitrogens with zero attached hydrogens (tertiary/aromatic N) is 2. The van der Waals surface area contributed by atoms with Gasteiger partial charge in [-0.05, 0) is 19.3 Å². The molecule has 2 rings (SSSR count). The van der Waals surface area contributed by atoms with Crippen LogP contribution in [-0.4, -0.2) is 60.5 Å². The number of rotatable bonds is 4. The predicted octanol–water partition coefficient (Wildman–Crippen LogP) is 1.27. The van der Waals surface area contributed by atoms with E-state index in [9.17, 15) is 9.59 Å². The lowest BCUT2D eigenvalue weighted by Crippen LogP contribution is -2.53. The van der Waals surface area contributed by atoms with Crippen LogP contribution < -0.4 is 0 Å². The maximum atomic E-state index is 12.2. The van der Waals surface area contributed by atoms with Crippen LogP contribution in [0.15, 0.2) is 0 Å². The van der Waals surface area contributed by atoms with Crippen LogP contribution in [0.4, 0.5) is 0 Å². The Bertz CT molecular complexity index is 345. The fourth-order valence-electron chi connectivity index (χ4n) is 2.99. The Kier molecular flexibility index (Phi) is 5.40. The highest BCUT2D eigenvalue weighted by Gasteiger charge is 2.31. The largest absolute Gasteiger partial charge is 0.368 e. The second-order valence-corrected chi connectivity index (χ2v) is 5.84. The Balaban J connectivity index is 1.79. The second kappa shape index (κ2) is 7.07. The van der Waals surface area contributed by atoms with E-state index >= 15 is 0 Å². The third-order valence-corrected chi connectivity index (χ3v) is 4.25. The number of hydrogen-bond donors (Lipinski definition) is 0. The highest BCUT2D eigenvalue weighted by Crippen LogP contribution is 2.17. The normalized spacial score (nSPS) is 24.8. The lowest BCUT2D eigenvalue weighted by Gasteiger charge is -2.36. The molecule has 5 nitrogen and oxygen atoms in total. The van der Waals surface area contributed by atoms with Gasteiger partial charge in [0.05, 0.1) is 0 Å². The van der Waals surface area contributed by atoms with E-state index < -0.39 is 0 Å². The average Bonchev–Trinajstić information content (AvgIpc) is 3.00. The third-order valence-electron chi connectivity index (χ3n) is 4.25. The number of carbonyl (C=O) groups is 2. The van der Waals surface area contributed by atoms with Crippen LogP contribution in [0.2, 0.25) is 0 Å². The lowest BCUT2D eigenvalue weighted by atomic mass is 10.0. The molecule has 0 spiro atoms. The van der Waals surface area contributed by atoms with Gasteiger partial charge in [-0.3, -0.25) is 9.59 Å². The van der Waals surface area contributed by atoms with Gasteiger partial charge in [-0.25, -0.2) is 0 Å². The first-order chi connectivity index (χ1) is 9.63. The summed E-state index contributed by atoms with van der Waals surface area (Å²) in [5, 5.41) is 0. The average molecular weight is 282 g/mol. The van der Waals surface area contributed by atoms with Gasteiger partial charge in [0.1, 0.15) is 6.10 Å². The van der Waals surface area contributed by atoms with Gasteiger partial charge in [0.15, 0.2) is 0 Å². The first kappa shape index (κ1) is 15.3. The molecule has 2 saturated heterocycles. The summed E-state index contributed by atoms with van der Waals surface area (Å²) in [5.74, 6) is 0.438. The van der Waals surface area contributed by atoms with Gasteiger partial charge < -0.3 is 14.5 Å². The van der Waals surface area contributed by atoms with Crippen molar-refractivity contribution in [1.82, 2.24) is 9.80 Å². The highest BCUT2D eigenvalue weighted by atomic mass is 16.5. The Hall–Kier alpha value is -1.10. The zero-order chi connectivity index (χ0) is 14.5. The molecule has 5 heteroatoms. The summed E-state index contributed by atoms with van der Waals surface area (Å²) in [5.41, 5.74) is 0. The molecule has 0 N–H and O–H groups in total. The van der Waals surface area contributed by atoms with Gasteiger partial charge in [0.2, 0.25) is 5.91 Å². The highest BCUT2D eigenvalue weighted by molar-refractivity contribution is 5.82. The van der Waals surface area contributed by atoms with E-state index in [1.54, 1.807) is 0 Å². The molecule has 0 bridgehead atoms. The number of amides is 2. The van der Waals surface area contributed by atoms with Gasteiger partial charge in [0, 0.05) is 38.7 Å². The Morgan fingerprint density at radius 1 is 1.20 bits per heavy atom. The Morgan fingerprint density at radius 2 is 1.85 bits per heavy atom. The summed E-state index contributed by atoms with van der Waals surface area (Å²) >= 11 is 0. The molecule has 0 aromatic carbocycles. The molecule has 2 heterocycles. The molecule has 0 aromatic heterocycles. The van der Waals surface area contributed by atoms with Crippen molar-refractivity contribution < 1.29 is 14.3 Å². The Labute approximate surface area is 121 Å². The molecule has 2 atom stereocenters. The monoisotopic (exact) mass is 282 g/mol. The molecule has 2 amide bonds. The zero-order valence-electron chi connectivity index (χ0n) is 12.6. The fraction of sp³-hybridized carbons (Fsp3) is 0.867. The van der Waals surface area contributed by atoms with Crippen molar-refractivity contribution in [1.29, 1.82) is 0 Å². The molecule has 2 aliphatic rings. The summed E-state index contributed by atoms with van der Waals surface area (Å²) in [7, 11) is 0. The minimum atomic E-state index is -0.240. The topological polar surface area (TPSA) is 49.9 Å². The van der Waals surface area contributed by atoms with Crippen molar-refractivity contribution in [3.8, 4) is 0 Å². The summed E-state index contributed by atoms with van der Waals surface area (Å²) in [6.07, 6.45) is 3.55. The lowest BCUT2D eigenvalue weighted by molar-refractivity contribution is -0.147. The van der Waals surface area contributed by atoms with Gasteiger partial charge >= 0.3 is 0 Å². The van der Waals surface area contributed by atoms with Gasteiger partial charge in [-0.15, -0.1) is 0 Å². The number of carbonyl (C=O) groups excluding carboxylic acids is 2. The summed E-state index contributed by atoms with van der Waals surface area (Å²) in [6, 6.07) is 0. The van der Waals surface area contributed by atoms with Crippen molar-refractivity contribution in [2.75, 3.05) is 32.8 Å². The predicted molar refractivity (Wildman–Crippen MR) is 76.2 cm³/mol. The second-order valence-electron chi connectivity index (χ2n) is 5.84. The quantitative estimate of drug-likeness (QED) is 0.780. The molecule has 2 unspecified atom stereocenters. The molecular weight excluding hydrogens is 256 g/mol. The minimum Gasteiger partial charge on any atom is -0.368 e. The van der Waals surface area contributed by atoms with Crippen molar-refractivity contribution in [3.63, 3.8) is 0 Å². The van der Waals surface area contributed by atoms with Crippen LogP contribution in [-0.2, 0) is 14.3 Å². The van der Waals surface area contributed by atoms with Crippen molar-refractivity contribution >= 4 is 11.8 Å². The first-order valence-electron chi connectivity index (χ1n) is 7.82. The maximum absolute atomic E-state index is 12.2. The molecule has 0 aromatic rings. The van der Waals surface area contributed by atoms with Crippen LogP contribution in [0.1, 0.15) is 39.5 Å². The van der Waals surface area contributed by atoms with Gasteiger partial charge in [-0.1, -0.05) is 20.3 Å². The first-order valence-corrected chi connectivity index (χ1v) is 7.82. The smallest absolute Gasteiger partial charge is 0.251 e. The minimum absolute atomic E-state index is 0.0976. The van der Waals surface area contributed by atoms with E-state index in [1.165, 1.54) is 0 Å². The SMILES string of the molecule is CCCC(C)C(=O)N1CCN(C(=O)C2CCCO2)CC1. The van der Waals surface area contributed by atoms with Crippen LogP contribution in [0, 0.1) is 5.92 Å². The maximum Gasteiger partial charge on any atom is 0.251 e. The molecule has 2 fully saturated rings. The molecule has 20 heavy (non-hydrogen) atoms. The number of hydrogen-bond acceptors (Lipinski definition) is 3. The van der Waals surface area contributed by atoms with Crippen molar-refractivity contribution in [3.05, 3.63) is 0 Å². The molecule has 2 aliphatic heterocycles. The Morgan fingerprint density at radius 3 is 2.40 bits per heavy atom. The number of ether oxygens (including phenoxy) is 1. The summed E-state index contributed by atoms with van der Waals surface area (Å²) < 4.78 is 5.44. The molecular formula is C15H26N2O3. The van der Waals surface area contributed by atoms with E-state index in [-0.39, 0.29) is 23.8 Å². The van der Waals surface area contributed by atoms with Crippen LogP contribution in [0.3, 0.4) is 0 Å². The van der Waals surface area contributed by atoms with E-state index in [0.717, 1.165) is 25.7 Å². The van der Waals surface area contributed by atoms with Crippen molar-refractivity contribution in [2.45, 2.75) is 45.6 Å². The van der Waals surface area contributed by atoms with Crippen molar-refractivity contribution in [2.24, 2.45) is 5.92 Å². The van der Waals surface area contributed by atoms with Crippen LogP contribution >= 0.6 is 0 Å². The molecule has 0 saturated carbocycles. The van der Waals surface area contributed by atoms with E-state index in [1.807, 2.05) is 16.7 Å². The van der Waals surface area contributed by atoms with E-state index in [0.29, 0.717) is 32.8 Å². The summed E-state index contributed by atoms with van der Waals surface area (Å²) in [4.78, 5) is 28.2. The van der Waals surface area contributed by atoms with E-state index in [4.69, 9.17) is 4.74 Å². The van der Waals surface area contributed by atoms with Crippen LogP contribution in [0.25, 0.3) is 0 Å². The molecule has 114 valence electrons. The third kappa shape index (κ3) is 3.51. The fourth-order valence-corrected chi connectivity index (χ4v) is 2.99. The zero-order valence-corrected chi connectivity index (χ0v) is 12.6. The number of piperazine rings is 1. The van der Waals surface area contributed by atoms with Crippen LogP contribution in [0.5, 0.6) is 0 Å².